The predicted molar refractivity (Wildman–Crippen MR) is 75.3 cm³/mol. The van der Waals surface area contributed by atoms with Crippen LogP contribution in [0.4, 0.5) is 11.4 Å². The van der Waals surface area contributed by atoms with Gasteiger partial charge in [0.25, 0.3) is 0 Å². The van der Waals surface area contributed by atoms with Gasteiger partial charge in [0.2, 0.25) is 5.91 Å². The molecule has 2 heterocycles. The fraction of sp³-hybridized carbons (Fsp3) is 0.200. The molecule has 96 valence electrons. The van der Waals surface area contributed by atoms with E-state index in [-0.39, 0.29) is 11.8 Å². The van der Waals surface area contributed by atoms with Gasteiger partial charge >= 0.3 is 0 Å². The number of hydrogen-bond acceptors (Lipinski definition) is 3. The average Bonchev–Trinajstić information content (AvgIpc) is 2.82. The minimum absolute atomic E-state index is 0.00449. The van der Waals surface area contributed by atoms with Gasteiger partial charge in [-0.1, -0.05) is 18.2 Å². The molecule has 3 rings (SSSR count). The first-order valence-corrected chi connectivity index (χ1v) is 6.29. The SMILES string of the molecule is Cc1cncc(NC(=O)C2CNc3ccccc32)c1. The van der Waals surface area contributed by atoms with Crippen LogP contribution in [-0.4, -0.2) is 17.4 Å². The summed E-state index contributed by atoms with van der Waals surface area (Å²) in [5.74, 6) is -0.137. The van der Waals surface area contributed by atoms with Gasteiger partial charge in [-0.3, -0.25) is 9.78 Å². The molecule has 1 aromatic carbocycles. The molecule has 1 unspecified atom stereocenters. The van der Waals surface area contributed by atoms with Crippen LogP contribution in [0.1, 0.15) is 17.0 Å². The summed E-state index contributed by atoms with van der Waals surface area (Å²) >= 11 is 0. The summed E-state index contributed by atoms with van der Waals surface area (Å²) in [5, 5.41) is 6.18. The van der Waals surface area contributed by atoms with E-state index in [2.05, 4.69) is 15.6 Å². The summed E-state index contributed by atoms with van der Waals surface area (Å²) in [5.41, 5.74) is 3.88. The molecule has 1 atom stereocenters. The van der Waals surface area contributed by atoms with Gasteiger partial charge in [0, 0.05) is 18.4 Å². The highest BCUT2D eigenvalue weighted by atomic mass is 16.1. The molecule has 4 nitrogen and oxygen atoms in total. The lowest BCUT2D eigenvalue weighted by Gasteiger charge is -2.11. The van der Waals surface area contributed by atoms with E-state index in [0.29, 0.717) is 6.54 Å². The molecule has 0 fully saturated rings. The van der Waals surface area contributed by atoms with E-state index in [1.54, 1.807) is 12.4 Å². The topological polar surface area (TPSA) is 54.0 Å². The number of benzene rings is 1. The van der Waals surface area contributed by atoms with E-state index >= 15 is 0 Å². The van der Waals surface area contributed by atoms with Crippen LogP contribution >= 0.6 is 0 Å². The highest BCUT2D eigenvalue weighted by Crippen LogP contribution is 2.31. The number of aromatic nitrogens is 1. The zero-order chi connectivity index (χ0) is 13.2. The van der Waals surface area contributed by atoms with Gasteiger partial charge < -0.3 is 10.6 Å². The number of pyridine rings is 1. The molecular weight excluding hydrogens is 238 g/mol. The van der Waals surface area contributed by atoms with Gasteiger partial charge in [0.1, 0.15) is 0 Å². The molecule has 0 radical (unpaired) electrons. The summed E-state index contributed by atoms with van der Waals surface area (Å²) in [7, 11) is 0. The molecule has 2 N–H and O–H groups in total. The first-order chi connectivity index (χ1) is 9.24. The lowest BCUT2D eigenvalue weighted by Crippen LogP contribution is -2.22. The third-order valence-corrected chi connectivity index (χ3v) is 3.29. The van der Waals surface area contributed by atoms with Crippen LogP contribution in [0, 0.1) is 6.92 Å². The van der Waals surface area contributed by atoms with Crippen LogP contribution in [0.2, 0.25) is 0 Å². The number of rotatable bonds is 2. The zero-order valence-electron chi connectivity index (χ0n) is 10.7. The van der Waals surface area contributed by atoms with Crippen molar-refractivity contribution < 1.29 is 4.79 Å². The summed E-state index contributed by atoms with van der Waals surface area (Å²) in [6.45, 7) is 2.60. The van der Waals surface area contributed by atoms with Crippen molar-refractivity contribution in [1.82, 2.24) is 4.98 Å². The Morgan fingerprint density at radius 3 is 3.05 bits per heavy atom. The summed E-state index contributed by atoms with van der Waals surface area (Å²) in [4.78, 5) is 16.4. The monoisotopic (exact) mass is 253 g/mol. The van der Waals surface area contributed by atoms with Crippen molar-refractivity contribution in [2.24, 2.45) is 0 Å². The van der Waals surface area contributed by atoms with E-state index in [4.69, 9.17) is 0 Å². The summed E-state index contributed by atoms with van der Waals surface area (Å²) < 4.78 is 0. The lowest BCUT2D eigenvalue weighted by molar-refractivity contribution is -0.117. The van der Waals surface area contributed by atoms with Gasteiger partial charge in [-0.15, -0.1) is 0 Å². The molecule has 4 heteroatoms. The van der Waals surface area contributed by atoms with E-state index in [1.807, 2.05) is 37.3 Å². The van der Waals surface area contributed by atoms with Gasteiger partial charge in [-0.05, 0) is 30.2 Å². The Morgan fingerprint density at radius 1 is 1.37 bits per heavy atom. The number of para-hydroxylation sites is 1. The van der Waals surface area contributed by atoms with Gasteiger partial charge in [-0.25, -0.2) is 0 Å². The van der Waals surface area contributed by atoms with E-state index in [0.717, 1.165) is 22.5 Å². The van der Waals surface area contributed by atoms with E-state index in [9.17, 15) is 4.79 Å². The second kappa shape index (κ2) is 4.72. The van der Waals surface area contributed by atoms with Crippen molar-refractivity contribution in [2.45, 2.75) is 12.8 Å². The minimum Gasteiger partial charge on any atom is -0.384 e. The maximum absolute atomic E-state index is 12.3. The number of amides is 1. The Morgan fingerprint density at radius 2 is 2.21 bits per heavy atom. The highest BCUT2D eigenvalue weighted by molar-refractivity contribution is 5.98. The first-order valence-electron chi connectivity index (χ1n) is 6.29. The molecule has 0 bridgehead atoms. The number of hydrogen-bond donors (Lipinski definition) is 2. The molecule has 0 spiro atoms. The molecule has 1 amide bonds. The number of aryl methyl sites for hydroxylation is 1. The maximum atomic E-state index is 12.3. The van der Waals surface area contributed by atoms with Crippen molar-refractivity contribution in [3.05, 3.63) is 53.9 Å². The van der Waals surface area contributed by atoms with Gasteiger partial charge in [0.15, 0.2) is 0 Å². The predicted octanol–water partition coefficient (Wildman–Crippen LogP) is 2.54. The third-order valence-electron chi connectivity index (χ3n) is 3.29. The Kier molecular flexibility index (Phi) is 2.91. The third kappa shape index (κ3) is 2.29. The van der Waals surface area contributed by atoms with Crippen molar-refractivity contribution in [1.29, 1.82) is 0 Å². The molecule has 1 aliphatic heterocycles. The first kappa shape index (κ1) is 11.7. The smallest absolute Gasteiger partial charge is 0.233 e. The maximum Gasteiger partial charge on any atom is 0.233 e. The lowest BCUT2D eigenvalue weighted by atomic mass is 10.0. The van der Waals surface area contributed by atoms with Crippen LogP contribution in [0.5, 0.6) is 0 Å². The Balaban J connectivity index is 1.79. The van der Waals surface area contributed by atoms with Crippen LogP contribution in [0.3, 0.4) is 0 Å². The van der Waals surface area contributed by atoms with E-state index in [1.165, 1.54) is 0 Å². The summed E-state index contributed by atoms with van der Waals surface area (Å²) in [6.07, 6.45) is 3.43. The molecule has 0 saturated heterocycles. The average molecular weight is 253 g/mol. The molecule has 19 heavy (non-hydrogen) atoms. The van der Waals surface area contributed by atoms with Crippen LogP contribution in [-0.2, 0) is 4.79 Å². The van der Waals surface area contributed by atoms with E-state index < -0.39 is 0 Å². The Bertz CT molecular complexity index is 624. The Hall–Kier alpha value is -2.36. The van der Waals surface area contributed by atoms with Gasteiger partial charge in [-0.2, -0.15) is 0 Å². The van der Waals surface area contributed by atoms with Crippen molar-refractivity contribution in [2.75, 3.05) is 17.2 Å². The van der Waals surface area contributed by atoms with Crippen LogP contribution in [0.15, 0.2) is 42.7 Å². The normalized spacial score (nSPS) is 16.6. The molecule has 0 aliphatic carbocycles. The quantitative estimate of drug-likeness (QED) is 0.864. The van der Waals surface area contributed by atoms with Crippen LogP contribution in [0.25, 0.3) is 0 Å². The van der Waals surface area contributed by atoms with Crippen molar-refractivity contribution in [3.8, 4) is 0 Å². The standard InChI is InChI=1S/C15H15N3O/c1-10-6-11(8-16-7-10)18-15(19)13-9-17-14-5-3-2-4-12(13)14/h2-8,13,17H,9H2,1H3,(H,18,19). The molecule has 2 aromatic rings. The zero-order valence-corrected chi connectivity index (χ0v) is 10.7. The number of carbonyl (C=O) groups is 1. The number of carbonyl (C=O) groups excluding carboxylic acids is 1. The number of nitrogens with zero attached hydrogens (tertiary/aromatic N) is 1. The minimum atomic E-state index is -0.142. The molecule has 0 saturated carbocycles. The second-order valence-corrected chi connectivity index (χ2v) is 4.76. The highest BCUT2D eigenvalue weighted by Gasteiger charge is 2.28. The second-order valence-electron chi connectivity index (χ2n) is 4.76. The largest absolute Gasteiger partial charge is 0.384 e. The van der Waals surface area contributed by atoms with Crippen molar-refractivity contribution >= 4 is 17.3 Å². The number of anilines is 2. The fourth-order valence-corrected chi connectivity index (χ4v) is 2.37. The Labute approximate surface area is 111 Å². The number of nitrogens with one attached hydrogen (secondary N) is 2. The number of fused-ring (bicyclic) bond motifs is 1. The summed E-state index contributed by atoms with van der Waals surface area (Å²) in [6, 6.07) is 9.83. The molecule has 1 aliphatic rings. The van der Waals surface area contributed by atoms with Crippen LogP contribution < -0.4 is 10.6 Å². The molecule has 1 aromatic heterocycles. The van der Waals surface area contributed by atoms with Crippen molar-refractivity contribution in [3.63, 3.8) is 0 Å². The fourth-order valence-electron chi connectivity index (χ4n) is 2.37. The van der Waals surface area contributed by atoms with Gasteiger partial charge in [0.05, 0.1) is 17.8 Å². The molecular formula is C15H15N3O.